The predicted molar refractivity (Wildman–Crippen MR) is 94.1 cm³/mol. The van der Waals surface area contributed by atoms with Crippen LogP contribution >= 0.6 is 0 Å². The first-order chi connectivity index (χ1) is 12.2. The molecule has 0 atom stereocenters. The number of anilines is 2. The Labute approximate surface area is 145 Å². The van der Waals surface area contributed by atoms with Crippen LogP contribution in [0.3, 0.4) is 0 Å². The molecule has 7 nitrogen and oxygen atoms in total. The summed E-state index contributed by atoms with van der Waals surface area (Å²) in [6.45, 7) is 1.18. The van der Waals surface area contributed by atoms with Crippen molar-refractivity contribution in [3.05, 3.63) is 36.4 Å². The Morgan fingerprint density at radius 1 is 1.04 bits per heavy atom. The average Bonchev–Trinajstić information content (AvgIpc) is 2.66. The quantitative estimate of drug-likeness (QED) is 0.838. The predicted octanol–water partition coefficient (Wildman–Crippen LogP) is 2.53. The molecular weight excluding hydrogens is 324 g/mol. The number of carbonyl (C=O) groups is 1. The number of fused-ring (bicyclic) bond motifs is 1. The van der Waals surface area contributed by atoms with Crippen LogP contribution in [0.2, 0.25) is 0 Å². The van der Waals surface area contributed by atoms with Gasteiger partial charge in [-0.15, -0.1) is 0 Å². The van der Waals surface area contributed by atoms with Gasteiger partial charge in [0.25, 0.3) is 0 Å². The van der Waals surface area contributed by atoms with Crippen molar-refractivity contribution < 1.29 is 23.7 Å². The fourth-order valence-electron chi connectivity index (χ4n) is 2.43. The topological polar surface area (TPSA) is 78.1 Å². The molecule has 0 bridgehead atoms. The van der Waals surface area contributed by atoms with Gasteiger partial charge in [-0.3, -0.25) is 4.79 Å². The highest BCUT2D eigenvalue weighted by Gasteiger charge is 2.13. The van der Waals surface area contributed by atoms with Crippen LogP contribution in [0, 0.1) is 0 Å². The summed E-state index contributed by atoms with van der Waals surface area (Å²) in [5.41, 5.74) is 1.36. The van der Waals surface area contributed by atoms with Crippen LogP contribution in [0.25, 0.3) is 0 Å². The van der Waals surface area contributed by atoms with Crippen molar-refractivity contribution in [2.24, 2.45) is 0 Å². The van der Waals surface area contributed by atoms with E-state index in [-0.39, 0.29) is 12.5 Å². The number of methoxy groups -OCH3 is 2. The van der Waals surface area contributed by atoms with E-state index < -0.39 is 0 Å². The summed E-state index contributed by atoms with van der Waals surface area (Å²) < 4.78 is 21.4. The molecule has 2 N–H and O–H groups in total. The summed E-state index contributed by atoms with van der Waals surface area (Å²) in [5.74, 6) is 2.38. The first-order valence-electron chi connectivity index (χ1n) is 7.85. The van der Waals surface area contributed by atoms with E-state index in [9.17, 15) is 4.79 Å². The second-order valence-corrected chi connectivity index (χ2v) is 5.33. The minimum atomic E-state index is -0.196. The van der Waals surface area contributed by atoms with Gasteiger partial charge in [-0.1, -0.05) is 0 Å². The van der Waals surface area contributed by atoms with E-state index in [1.807, 2.05) is 18.2 Å². The number of carbonyl (C=O) groups excluding carboxylic acids is 1. The number of ether oxygens (including phenoxy) is 4. The normalized spacial score (nSPS) is 12.2. The van der Waals surface area contributed by atoms with Crippen LogP contribution in [0.4, 0.5) is 11.4 Å². The fraction of sp³-hybridized carbons (Fsp3) is 0.278. The molecule has 0 unspecified atom stereocenters. The van der Waals surface area contributed by atoms with Crippen molar-refractivity contribution in [1.82, 2.24) is 0 Å². The molecule has 25 heavy (non-hydrogen) atoms. The maximum atomic E-state index is 12.2. The van der Waals surface area contributed by atoms with Gasteiger partial charge in [0.15, 0.2) is 11.5 Å². The Balaban J connectivity index is 1.60. The summed E-state index contributed by atoms with van der Waals surface area (Å²) in [6.07, 6.45) is 0. The first kappa shape index (κ1) is 16.8. The van der Waals surface area contributed by atoms with E-state index >= 15 is 0 Å². The van der Waals surface area contributed by atoms with Crippen LogP contribution in [0.5, 0.6) is 23.0 Å². The number of hydrogen-bond acceptors (Lipinski definition) is 6. The minimum absolute atomic E-state index is 0.106. The number of nitrogens with one attached hydrogen (secondary N) is 2. The lowest BCUT2D eigenvalue weighted by Crippen LogP contribution is -2.22. The molecule has 1 amide bonds. The van der Waals surface area contributed by atoms with Gasteiger partial charge in [-0.25, -0.2) is 0 Å². The van der Waals surface area contributed by atoms with Crippen LogP contribution < -0.4 is 29.6 Å². The molecule has 0 aliphatic carbocycles. The van der Waals surface area contributed by atoms with Gasteiger partial charge in [-0.05, 0) is 24.3 Å². The monoisotopic (exact) mass is 344 g/mol. The molecule has 0 fully saturated rings. The molecule has 0 saturated carbocycles. The SMILES string of the molecule is COc1ccc(NC(=O)CNc2ccc3c(c2)OCCO3)c(OC)c1. The molecule has 0 radical (unpaired) electrons. The summed E-state index contributed by atoms with van der Waals surface area (Å²) >= 11 is 0. The second-order valence-electron chi connectivity index (χ2n) is 5.33. The smallest absolute Gasteiger partial charge is 0.243 e. The highest BCUT2D eigenvalue weighted by atomic mass is 16.6. The summed E-state index contributed by atoms with van der Waals surface area (Å²) in [5, 5.41) is 5.87. The van der Waals surface area contributed by atoms with E-state index in [0.29, 0.717) is 41.9 Å². The van der Waals surface area contributed by atoms with Gasteiger partial charge in [-0.2, -0.15) is 0 Å². The standard InChI is InChI=1S/C18H20N2O5/c1-22-13-4-5-14(16(10-13)23-2)20-18(21)11-19-12-3-6-15-17(9-12)25-8-7-24-15/h3-6,9-10,19H,7-8,11H2,1-2H3,(H,20,21). The molecule has 0 aromatic heterocycles. The molecule has 1 aliphatic heterocycles. The van der Waals surface area contributed by atoms with Crippen molar-refractivity contribution in [1.29, 1.82) is 0 Å². The molecule has 1 heterocycles. The largest absolute Gasteiger partial charge is 0.497 e. The Kier molecular flexibility index (Phi) is 5.13. The summed E-state index contributed by atoms with van der Waals surface area (Å²) in [7, 11) is 3.11. The molecule has 132 valence electrons. The number of amides is 1. The van der Waals surface area contributed by atoms with Crippen molar-refractivity contribution in [3.8, 4) is 23.0 Å². The molecule has 0 spiro atoms. The zero-order chi connectivity index (χ0) is 17.6. The molecule has 7 heteroatoms. The van der Waals surface area contributed by atoms with E-state index in [1.54, 1.807) is 25.3 Å². The third-order valence-corrected chi connectivity index (χ3v) is 3.68. The van der Waals surface area contributed by atoms with E-state index in [0.717, 1.165) is 5.69 Å². The van der Waals surface area contributed by atoms with Crippen molar-refractivity contribution in [2.45, 2.75) is 0 Å². The lowest BCUT2D eigenvalue weighted by atomic mass is 10.2. The van der Waals surface area contributed by atoms with Gasteiger partial charge in [0.1, 0.15) is 24.7 Å². The Bertz CT molecular complexity index is 763. The van der Waals surface area contributed by atoms with Gasteiger partial charge in [0.05, 0.1) is 26.5 Å². The third-order valence-electron chi connectivity index (χ3n) is 3.68. The van der Waals surface area contributed by atoms with Crippen LogP contribution in [0.1, 0.15) is 0 Å². The van der Waals surface area contributed by atoms with Crippen molar-refractivity contribution in [2.75, 3.05) is 44.6 Å². The molecule has 2 aromatic rings. The van der Waals surface area contributed by atoms with E-state index in [2.05, 4.69) is 10.6 Å². The number of hydrogen-bond donors (Lipinski definition) is 2. The average molecular weight is 344 g/mol. The maximum absolute atomic E-state index is 12.2. The highest BCUT2D eigenvalue weighted by Crippen LogP contribution is 2.32. The maximum Gasteiger partial charge on any atom is 0.243 e. The van der Waals surface area contributed by atoms with E-state index in [4.69, 9.17) is 18.9 Å². The lowest BCUT2D eigenvalue weighted by Gasteiger charge is -2.19. The zero-order valence-electron chi connectivity index (χ0n) is 14.1. The van der Waals surface area contributed by atoms with Crippen molar-refractivity contribution in [3.63, 3.8) is 0 Å². The Morgan fingerprint density at radius 2 is 1.84 bits per heavy atom. The van der Waals surface area contributed by atoms with Crippen LogP contribution in [0.15, 0.2) is 36.4 Å². The summed E-state index contributed by atoms with van der Waals surface area (Å²) in [6, 6.07) is 10.7. The fourth-order valence-corrected chi connectivity index (χ4v) is 2.43. The molecule has 1 aliphatic rings. The zero-order valence-corrected chi connectivity index (χ0v) is 14.1. The van der Waals surface area contributed by atoms with Gasteiger partial charge < -0.3 is 29.6 Å². The molecule has 3 rings (SSSR count). The number of rotatable bonds is 6. The Morgan fingerprint density at radius 3 is 2.60 bits per heavy atom. The Hall–Kier alpha value is -3.09. The van der Waals surface area contributed by atoms with Gasteiger partial charge in [0, 0.05) is 17.8 Å². The van der Waals surface area contributed by atoms with Crippen LogP contribution in [-0.2, 0) is 4.79 Å². The molecule has 0 saturated heterocycles. The summed E-state index contributed by atoms with van der Waals surface area (Å²) in [4.78, 5) is 12.2. The van der Waals surface area contributed by atoms with Crippen molar-refractivity contribution >= 4 is 17.3 Å². The van der Waals surface area contributed by atoms with Gasteiger partial charge in [0.2, 0.25) is 5.91 Å². The van der Waals surface area contributed by atoms with Gasteiger partial charge >= 0.3 is 0 Å². The first-order valence-corrected chi connectivity index (χ1v) is 7.85. The second kappa shape index (κ2) is 7.65. The number of benzene rings is 2. The minimum Gasteiger partial charge on any atom is -0.497 e. The van der Waals surface area contributed by atoms with E-state index in [1.165, 1.54) is 7.11 Å². The molecule has 2 aromatic carbocycles. The molecular formula is C18H20N2O5. The highest BCUT2D eigenvalue weighted by molar-refractivity contribution is 5.95. The van der Waals surface area contributed by atoms with Crippen LogP contribution in [-0.4, -0.2) is 39.9 Å². The third kappa shape index (κ3) is 4.06. The lowest BCUT2D eigenvalue weighted by molar-refractivity contribution is -0.114.